The third kappa shape index (κ3) is 6.89. The van der Waals surface area contributed by atoms with Crippen molar-refractivity contribution >= 4 is 29.4 Å². The summed E-state index contributed by atoms with van der Waals surface area (Å²) in [5.41, 5.74) is 3.00. The molecule has 2 aromatic carbocycles. The van der Waals surface area contributed by atoms with Gasteiger partial charge in [-0.1, -0.05) is 54.9 Å². The number of aromatic nitrogens is 1. The van der Waals surface area contributed by atoms with Crippen molar-refractivity contribution in [2.24, 2.45) is 5.92 Å². The number of carbonyl (C=O) groups is 3. The lowest BCUT2D eigenvalue weighted by Crippen LogP contribution is -2.38. The summed E-state index contributed by atoms with van der Waals surface area (Å²) in [6.07, 6.45) is 2.63. The molecule has 0 aliphatic heterocycles. The standard InChI is InChI=1S/C26H25ClN2O5/c1-16(25(31)32)13-22(29-24(30)23-15-20(26(33)34)11-12-28-23)10-7-17-5-8-18(9-6-17)19-3-2-4-21(27)14-19/h2-6,8-9,11-12,14-16,22H,7,10,13H2,1H3,(H,29,30)(H,31,32)(H,33,34). The van der Waals surface area contributed by atoms with E-state index in [0.717, 1.165) is 16.7 Å². The van der Waals surface area contributed by atoms with Gasteiger partial charge in [-0.2, -0.15) is 0 Å². The van der Waals surface area contributed by atoms with E-state index in [1.54, 1.807) is 6.92 Å². The van der Waals surface area contributed by atoms with Crippen LogP contribution in [0.15, 0.2) is 66.9 Å². The maximum Gasteiger partial charge on any atom is 0.335 e. The van der Waals surface area contributed by atoms with Gasteiger partial charge in [-0.25, -0.2) is 4.79 Å². The summed E-state index contributed by atoms with van der Waals surface area (Å²) in [5.74, 6) is -3.30. The molecule has 0 saturated heterocycles. The maximum absolute atomic E-state index is 12.7. The van der Waals surface area contributed by atoms with Gasteiger partial charge in [0.2, 0.25) is 0 Å². The second-order valence-corrected chi connectivity index (χ2v) is 8.56. The molecule has 8 heteroatoms. The van der Waals surface area contributed by atoms with Gasteiger partial charge in [-0.15, -0.1) is 0 Å². The number of amides is 1. The molecule has 0 aliphatic carbocycles. The number of carboxylic acids is 2. The summed E-state index contributed by atoms with van der Waals surface area (Å²) in [6, 6.07) is 17.6. The predicted molar refractivity (Wildman–Crippen MR) is 129 cm³/mol. The van der Waals surface area contributed by atoms with Crippen molar-refractivity contribution < 1.29 is 24.6 Å². The first-order chi connectivity index (χ1) is 16.2. The molecule has 7 nitrogen and oxygen atoms in total. The van der Waals surface area contributed by atoms with Crippen LogP contribution in [0.3, 0.4) is 0 Å². The monoisotopic (exact) mass is 480 g/mol. The molecule has 0 radical (unpaired) electrons. The van der Waals surface area contributed by atoms with Crippen LogP contribution in [0.25, 0.3) is 11.1 Å². The summed E-state index contributed by atoms with van der Waals surface area (Å²) >= 11 is 6.07. The van der Waals surface area contributed by atoms with Crippen LogP contribution in [0.1, 0.15) is 46.2 Å². The van der Waals surface area contributed by atoms with Crippen molar-refractivity contribution in [3.05, 3.63) is 88.7 Å². The van der Waals surface area contributed by atoms with E-state index in [2.05, 4.69) is 10.3 Å². The Bertz CT molecular complexity index is 1180. The summed E-state index contributed by atoms with van der Waals surface area (Å²) in [7, 11) is 0. The number of hydrogen-bond acceptors (Lipinski definition) is 4. The van der Waals surface area contributed by atoms with Crippen LogP contribution in [0.2, 0.25) is 5.02 Å². The number of carbonyl (C=O) groups excluding carboxylic acids is 1. The van der Waals surface area contributed by atoms with Gasteiger partial charge >= 0.3 is 11.9 Å². The lowest BCUT2D eigenvalue weighted by molar-refractivity contribution is -0.141. The number of benzene rings is 2. The molecular weight excluding hydrogens is 456 g/mol. The Balaban J connectivity index is 1.69. The Kier molecular flexibility index (Phi) is 8.38. The first kappa shape index (κ1) is 24.9. The average Bonchev–Trinajstić information content (AvgIpc) is 2.82. The number of hydrogen-bond donors (Lipinski definition) is 3. The molecular formula is C26H25ClN2O5. The minimum atomic E-state index is -1.16. The van der Waals surface area contributed by atoms with Gasteiger partial charge in [0, 0.05) is 17.3 Å². The molecule has 1 amide bonds. The summed E-state index contributed by atoms with van der Waals surface area (Å²) < 4.78 is 0. The van der Waals surface area contributed by atoms with Crippen LogP contribution in [-0.4, -0.2) is 39.1 Å². The number of halogens is 1. The zero-order chi connectivity index (χ0) is 24.7. The van der Waals surface area contributed by atoms with Gasteiger partial charge in [0.1, 0.15) is 5.69 Å². The van der Waals surface area contributed by atoms with E-state index in [9.17, 15) is 19.5 Å². The van der Waals surface area contributed by atoms with Gasteiger partial charge in [-0.3, -0.25) is 14.6 Å². The number of aryl methyl sites for hydroxylation is 1. The number of nitrogens with one attached hydrogen (secondary N) is 1. The fraction of sp³-hybridized carbons (Fsp3) is 0.231. The summed E-state index contributed by atoms with van der Waals surface area (Å²) in [5, 5.41) is 22.0. The molecule has 3 N–H and O–H groups in total. The third-order valence-electron chi connectivity index (χ3n) is 5.53. The van der Waals surface area contributed by atoms with Crippen LogP contribution < -0.4 is 5.32 Å². The molecule has 2 atom stereocenters. The zero-order valence-electron chi connectivity index (χ0n) is 18.6. The van der Waals surface area contributed by atoms with Gasteiger partial charge in [0.25, 0.3) is 5.91 Å². The first-order valence-corrected chi connectivity index (χ1v) is 11.2. The van der Waals surface area contributed by atoms with Gasteiger partial charge < -0.3 is 15.5 Å². The highest BCUT2D eigenvalue weighted by molar-refractivity contribution is 6.30. The smallest absolute Gasteiger partial charge is 0.335 e. The van der Waals surface area contributed by atoms with Gasteiger partial charge in [-0.05, 0) is 60.2 Å². The van der Waals surface area contributed by atoms with Gasteiger partial charge in [0.05, 0.1) is 11.5 Å². The Labute approximate surface area is 202 Å². The minimum absolute atomic E-state index is 0.0289. The van der Waals surface area contributed by atoms with E-state index in [4.69, 9.17) is 16.7 Å². The SMILES string of the molecule is CC(CC(CCc1ccc(-c2cccc(Cl)c2)cc1)NC(=O)c1cc(C(=O)O)ccn1)C(=O)O. The van der Waals surface area contributed by atoms with Gasteiger partial charge in [0.15, 0.2) is 0 Å². The lowest BCUT2D eigenvalue weighted by Gasteiger charge is -2.21. The van der Waals surface area contributed by atoms with Crippen LogP contribution in [0, 0.1) is 5.92 Å². The minimum Gasteiger partial charge on any atom is -0.481 e. The Morgan fingerprint density at radius 2 is 1.74 bits per heavy atom. The molecule has 3 aromatic rings. The number of rotatable bonds is 10. The molecule has 0 aliphatic rings. The molecule has 0 fully saturated rings. The zero-order valence-corrected chi connectivity index (χ0v) is 19.3. The average molecular weight is 481 g/mol. The Morgan fingerprint density at radius 1 is 1.00 bits per heavy atom. The Hall–Kier alpha value is -3.71. The Morgan fingerprint density at radius 3 is 2.38 bits per heavy atom. The molecule has 1 heterocycles. The summed E-state index contributed by atoms with van der Waals surface area (Å²) in [6.45, 7) is 1.59. The van der Waals surface area contributed by atoms with Crippen LogP contribution in [0.4, 0.5) is 0 Å². The molecule has 34 heavy (non-hydrogen) atoms. The van der Waals surface area contributed by atoms with E-state index in [0.29, 0.717) is 17.9 Å². The fourth-order valence-corrected chi connectivity index (χ4v) is 3.79. The van der Waals surface area contributed by atoms with Crippen LogP contribution in [0.5, 0.6) is 0 Å². The lowest BCUT2D eigenvalue weighted by atomic mass is 9.95. The van der Waals surface area contributed by atoms with Crippen LogP contribution in [-0.2, 0) is 11.2 Å². The van der Waals surface area contributed by atoms with Crippen molar-refractivity contribution in [3.63, 3.8) is 0 Å². The number of pyridine rings is 1. The van der Waals surface area contributed by atoms with E-state index in [1.165, 1.54) is 18.3 Å². The van der Waals surface area contributed by atoms with E-state index in [-0.39, 0.29) is 17.7 Å². The maximum atomic E-state index is 12.7. The number of aliphatic carboxylic acids is 1. The molecule has 2 unspecified atom stereocenters. The molecule has 0 spiro atoms. The molecule has 3 rings (SSSR count). The highest BCUT2D eigenvalue weighted by Crippen LogP contribution is 2.23. The number of nitrogens with zero attached hydrogens (tertiary/aromatic N) is 1. The van der Waals surface area contributed by atoms with E-state index in [1.807, 2.05) is 48.5 Å². The second kappa shape index (κ2) is 11.4. The highest BCUT2D eigenvalue weighted by atomic mass is 35.5. The first-order valence-electron chi connectivity index (χ1n) is 10.8. The van der Waals surface area contributed by atoms with Crippen molar-refractivity contribution in [3.8, 4) is 11.1 Å². The molecule has 0 bridgehead atoms. The number of carboxylic acid groups (broad SMARTS) is 2. The molecule has 0 saturated carbocycles. The van der Waals surface area contributed by atoms with Crippen molar-refractivity contribution in [2.75, 3.05) is 0 Å². The fourth-order valence-electron chi connectivity index (χ4n) is 3.60. The normalized spacial score (nSPS) is 12.5. The van der Waals surface area contributed by atoms with E-state index < -0.39 is 29.8 Å². The number of aromatic carboxylic acids is 1. The largest absolute Gasteiger partial charge is 0.481 e. The van der Waals surface area contributed by atoms with Crippen molar-refractivity contribution in [2.45, 2.75) is 32.2 Å². The summed E-state index contributed by atoms with van der Waals surface area (Å²) in [4.78, 5) is 39.2. The molecule has 176 valence electrons. The van der Waals surface area contributed by atoms with Crippen molar-refractivity contribution in [1.82, 2.24) is 10.3 Å². The van der Waals surface area contributed by atoms with Crippen LogP contribution >= 0.6 is 11.6 Å². The second-order valence-electron chi connectivity index (χ2n) is 8.13. The predicted octanol–water partition coefficient (Wildman–Crippen LogP) is 4.94. The highest BCUT2D eigenvalue weighted by Gasteiger charge is 2.21. The molecule has 1 aromatic heterocycles. The quantitative estimate of drug-likeness (QED) is 0.378. The third-order valence-corrected chi connectivity index (χ3v) is 5.76. The topological polar surface area (TPSA) is 117 Å². The van der Waals surface area contributed by atoms with E-state index >= 15 is 0 Å². The van der Waals surface area contributed by atoms with Crippen molar-refractivity contribution in [1.29, 1.82) is 0 Å².